The Morgan fingerprint density at radius 1 is 0.783 bits per heavy atom. The maximum Gasteiger partial charge on any atom is 0.203 e. The van der Waals surface area contributed by atoms with E-state index in [1.54, 1.807) is 46.6 Å². The predicted octanol–water partition coefficient (Wildman–Crippen LogP) is 3.59. The average molecular weight is 316 g/mol. The quantitative estimate of drug-likeness (QED) is 0.762. The van der Waals surface area contributed by atoms with Gasteiger partial charge in [0, 0.05) is 11.1 Å². The second-order valence-corrected chi connectivity index (χ2v) is 4.85. The Kier molecular flexibility index (Phi) is 5.11. The fourth-order valence-corrected chi connectivity index (χ4v) is 2.49. The van der Waals surface area contributed by atoms with Crippen molar-refractivity contribution in [2.45, 2.75) is 6.92 Å². The second kappa shape index (κ2) is 7.05. The standard InChI is InChI=1S/C18H20O5/c1-11(19)15-10-12(20-2)6-7-13(15)14-8-9-16(21-3)18(23-5)17(14)22-4/h6-10H,1-5H3. The van der Waals surface area contributed by atoms with Gasteiger partial charge in [0.25, 0.3) is 0 Å². The monoisotopic (exact) mass is 316 g/mol. The van der Waals surface area contributed by atoms with Crippen LogP contribution in [0.15, 0.2) is 30.3 Å². The minimum absolute atomic E-state index is 0.0595. The van der Waals surface area contributed by atoms with Crippen LogP contribution in [-0.2, 0) is 0 Å². The van der Waals surface area contributed by atoms with Crippen molar-refractivity contribution < 1.29 is 23.7 Å². The van der Waals surface area contributed by atoms with Crippen LogP contribution in [-0.4, -0.2) is 34.2 Å². The number of benzene rings is 2. The van der Waals surface area contributed by atoms with Gasteiger partial charge in [0.1, 0.15) is 5.75 Å². The summed E-state index contributed by atoms with van der Waals surface area (Å²) in [6.07, 6.45) is 0. The van der Waals surface area contributed by atoms with Crippen molar-refractivity contribution >= 4 is 5.78 Å². The fourth-order valence-electron chi connectivity index (χ4n) is 2.49. The second-order valence-electron chi connectivity index (χ2n) is 4.85. The van der Waals surface area contributed by atoms with Crippen molar-refractivity contribution in [1.82, 2.24) is 0 Å². The molecule has 2 aromatic carbocycles. The number of ether oxygens (including phenoxy) is 4. The summed E-state index contributed by atoms with van der Waals surface area (Å²) in [5.74, 6) is 2.12. The Bertz CT molecular complexity index is 722. The molecule has 2 aromatic rings. The van der Waals surface area contributed by atoms with Crippen LogP contribution in [0.2, 0.25) is 0 Å². The molecule has 122 valence electrons. The zero-order valence-corrected chi connectivity index (χ0v) is 13.9. The van der Waals surface area contributed by atoms with Crippen LogP contribution in [0.5, 0.6) is 23.0 Å². The number of methoxy groups -OCH3 is 4. The molecule has 0 unspecified atom stereocenters. The van der Waals surface area contributed by atoms with E-state index in [0.29, 0.717) is 28.6 Å². The number of hydrogen-bond donors (Lipinski definition) is 0. The smallest absolute Gasteiger partial charge is 0.203 e. The highest BCUT2D eigenvalue weighted by molar-refractivity contribution is 6.02. The minimum Gasteiger partial charge on any atom is -0.497 e. The van der Waals surface area contributed by atoms with Gasteiger partial charge in [-0.05, 0) is 42.8 Å². The molecule has 0 aliphatic carbocycles. The lowest BCUT2D eigenvalue weighted by molar-refractivity contribution is 0.101. The molecule has 5 heteroatoms. The zero-order chi connectivity index (χ0) is 17.0. The lowest BCUT2D eigenvalue weighted by Crippen LogP contribution is -2.01. The summed E-state index contributed by atoms with van der Waals surface area (Å²) in [5.41, 5.74) is 2.05. The van der Waals surface area contributed by atoms with E-state index in [1.165, 1.54) is 6.92 Å². The molecule has 2 rings (SSSR count). The van der Waals surface area contributed by atoms with Crippen LogP contribution >= 0.6 is 0 Å². The van der Waals surface area contributed by atoms with Crippen LogP contribution in [0, 0.1) is 0 Å². The topological polar surface area (TPSA) is 54.0 Å². The molecule has 0 spiro atoms. The minimum atomic E-state index is -0.0595. The Morgan fingerprint density at radius 2 is 1.43 bits per heavy atom. The van der Waals surface area contributed by atoms with Crippen LogP contribution in [0.3, 0.4) is 0 Å². The van der Waals surface area contributed by atoms with Crippen LogP contribution in [0.1, 0.15) is 17.3 Å². The van der Waals surface area contributed by atoms with Crippen molar-refractivity contribution in [2.75, 3.05) is 28.4 Å². The normalized spacial score (nSPS) is 10.1. The maximum absolute atomic E-state index is 12.0. The Balaban J connectivity index is 2.74. The third-order valence-electron chi connectivity index (χ3n) is 3.60. The first-order valence-corrected chi connectivity index (χ1v) is 7.05. The molecule has 0 aliphatic heterocycles. The molecule has 0 heterocycles. The van der Waals surface area contributed by atoms with Crippen LogP contribution in [0.4, 0.5) is 0 Å². The molecule has 5 nitrogen and oxygen atoms in total. The number of carbonyl (C=O) groups is 1. The SMILES string of the molecule is COc1ccc(-c2ccc(OC)c(OC)c2OC)c(C(C)=O)c1. The van der Waals surface area contributed by atoms with Gasteiger partial charge in [0.05, 0.1) is 28.4 Å². The maximum atomic E-state index is 12.0. The largest absolute Gasteiger partial charge is 0.497 e. The third-order valence-corrected chi connectivity index (χ3v) is 3.60. The molecule has 0 amide bonds. The number of carbonyl (C=O) groups excluding carboxylic acids is 1. The highest BCUT2D eigenvalue weighted by atomic mass is 16.5. The van der Waals surface area contributed by atoms with Gasteiger partial charge in [-0.25, -0.2) is 0 Å². The summed E-state index contributed by atoms with van der Waals surface area (Å²) in [5, 5.41) is 0. The molecule has 23 heavy (non-hydrogen) atoms. The lowest BCUT2D eigenvalue weighted by atomic mass is 9.96. The lowest BCUT2D eigenvalue weighted by Gasteiger charge is -2.17. The Labute approximate surface area is 135 Å². The number of ketones is 1. The summed E-state index contributed by atoms with van der Waals surface area (Å²) in [4.78, 5) is 12.0. The van der Waals surface area contributed by atoms with E-state index in [1.807, 2.05) is 12.1 Å². The first-order chi connectivity index (χ1) is 11.1. The average Bonchev–Trinajstić information content (AvgIpc) is 2.59. The van der Waals surface area contributed by atoms with Gasteiger partial charge < -0.3 is 18.9 Å². The number of hydrogen-bond acceptors (Lipinski definition) is 5. The fraction of sp³-hybridized carbons (Fsp3) is 0.278. The summed E-state index contributed by atoms with van der Waals surface area (Å²) in [6.45, 7) is 1.52. The molecule has 0 bridgehead atoms. The Hall–Kier alpha value is -2.69. The van der Waals surface area contributed by atoms with Gasteiger partial charge in [-0.15, -0.1) is 0 Å². The van der Waals surface area contributed by atoms with Crippen molar-refractivity contribution in [2.24, 2.45) is 0 Å². The van der Waals surface area contributed by atoms with E-state index in [9.17, 15) is 4.79 Å². The summed E-state index contributed by atoms with van der Waals surface area (Å²) in [6, 6.07) is 8.98. The van der Waals surface area contributed by atoms with E-state index < -0.39 is 0 Å². The Morgan fingerprint density at radius 3 is 1.96 bits per heavy atom. The molecular weight excluding hydrogens is 296 g/mol. The molecule has 0 radical (unpaired) electrons. The molecule has 0 atom stereocenters. The molecule has 0 N–H and O–H groups in total. The molecule has 0 fully saturated rings. The van der Waals surface area contributed by atoms with E-state index in [-0.39, 0.29) is 5.78 Å². The van der Waals surface area contributed by atoms with Gasteiger partial charge in [-0.2, -0.15) is 0 Å². The van der Waals surface area contributed by atoms with Gasteiger partial charge in [0.15, 0.2) is 17.3 Å². The highest BCUT2D eigenvalue weighted by Gasteiger charge is 2.20. The van der Waals surface area contributed by atoms with Crippen molar-refractivity contribution in [1.29, 1.82) is 0 Å². The van der Waals surface area contributed by atoms with Crippen molar-refractivity contribution in [3.8, 4) is 34.1 Å². The summed E-state index contributed by atoms with van der Waals surface area (Å²) >= 11 is 0. The van der Waals surface area contributed by atoms with Gasteiger partial charge in [-0.1, -0.05) is 0 Å². The van der Waals surface area contributed by atoms with E-state index in [0.717, 1.165) is 11.1 Å². The molecule has 0 aliphatic rings. The summed E-state index contributed by atoms with van der Waals surface area (Å²) in [7, 11) is 6.23. The summed E-state index contributed by atoms with van der Waals surface area (Å²) < 4.78 is 21.4. The van der Waals surface area contributed by atoms with Crippen LogP contribution < -0.4 is 18.9 Å². The number of Topliss-reactive ketones (excluding diaryl/α,β-unsaturated/α-hetero) is 1. The number of rotatable bonds is 6. The van der Waals surface area contributed by atoms with E-state index in [2.05, 4.69) is 0 Å². The zero-order valence-electron chi connectivity index (χ0n) is 13.9. The van der Waals surface area contributed by atoms with Crippen LogP contribution in [0.25, 0.3) is 11.1 Å². The van der Waals surface area contributed by atoms with E-state index >= 15 is 0 Å². The van der Waals surface area contributed by atoms with Gasteiger partial charge in [-0.3, -0.25) is 4.79 Å². The molecule has 0 aromatic heterocycles. The molecular formula is C18H20O5. The van der Waals surface area contributed by atoms with E-state index in [4.69, 9.17) is 18.9 Å². The highest BCUT2D eigenvalue weighted by Crippen LogP contribution is 2.45. The van der Waals surface area contributed by atoms with Gasteiger partial charge >= 0.3 is 0 Å². The molecule has 0 saturated carbocycles. The third kappa shape index (κ3) is 3.08. The van der Waals surface area contributed by atoms with Crippen molar-refractivity contribution in [3.63, 3.8) is 0 Å². The predicted molar refractivity (Wildman–Crippen MR) is 88.1 cm³/mol. The first kappa shape index (κ1) is 16.7. The van der Waals surface area contributed by atoms with Gasteiger partial charge in [0.2, 0.25) is 5.75 Å². The first-order valence-electron chi connectivity index (χ1n) is 7.05. The van der Waals surface area contributed by atoms with Crippen molar-refractivity contribution in [3.05, 3.63) is 35.9 Å². The molecule has 0 saturated heterocycles.